The molecule has 0 bridgehead atoms. The number of rotatable bonds is 1. The maximum absolute atomic E-state index is 6.04. The fraction of sp³-hybridized carbons (Fsp3) is 0.429. The number of hydrogen-bond acceptors (Lipinski definition) is 4. The lowest BCUT2D eigenvalue weighted by molar-refractivity contribution is -0.00545. The normalized spacial score (nSPS) is 23.3. The first-order chi connectivity index (χ1) is 9.52. The Bertz CT molecular complexity index is 640. The minimum atomic E-state index is 0.185. The molecule has 0 N–H and O–H groups in total. The molecule has 106 valence electrons. The first-order valence-electron chi connectivity index (χ1n) is 6.55. The highest BCUT2D eigenvalue weighted by atomic mass is 35.5. The van der Waals surface area contributed by atoms with Gasteiger partial charge in [0.1, 0.15) is 5.82 Å². The van der Waals surface area contributed by atoms with Crippen molar-refractivity contribution in [3.05, 3.63) is 28.4 Å². The van der Waals surface area contributed by atoms with Gasteiger partial charge >= 0.3 is 0 Å². The van der Waals surface area contributed by atoms with Gasteiger partial charge in [0.05, 0.1) is 39.5 Å². The van der Waals surface area contributed by atoms with E-state index in [1.54, 1.807) is 18.3 Å². The van der Waals surface area contributed by atoms with Crippen molar-refractivity contribution in [1.82, 2.24) is 9.97 Å². The van der Waals surface area contributed by atoms with Crippen LogP contribution in [0.1, 0.15) is 13.8 Å². The average molecular weight is 312 g/mol. The van der Waals surface area contributed by atoms with Gasteiger partial charge in [-0.2, -0.15) is 0 Å². The monoisotopic (exact) mass is 311 g/mol. The van der Waals surface area contributed by atoms with E-state index < -0.39 is 0 Å². The molecule has 2 aromatic rings. The number of ether oxygens (including phenoxy) is 1. The largest absolute Gasteiger partial charge is 0.372 e. The molecule has 1 aliphatic heterocycles. The molecule has 0 aliphatic carbocycles. The van der Waals surface area contributed by atoms with E-state index in [1.807, 2.05) is 0 Å². The topological polar surface area (TPSA) is 38.2 Å². The summed E-state index contributed by atoms with van der Waals surface area (Å²) in [4.78, 5) is 11.2. The lowest BCUT2D eigenvalue weighted by Crippen LogP contribution is -2.45. The molecule has 1 aromatic carbocycles. The summed E-state index contributed by atoms with van der Waals surface area (Å²) in [6.45, 7) is 5.75. The lowest BCUT2D eigenvalue weighted by Gasteiger charge is -2.35. The third-order valence-corrected chi connectivity index (χ3v) is 4.04. The molecule has 0 spiro atoms. The van der Waals surface area contributed by atoms with Gasteiger partial charge in [0, 0.05) is 13.1 Å². The van der Waals surface area contributed by atoms with E-state index in [-0.39, 0.29) is 12.2 Å². The molecule has 1 aromatic heterocycles. The van der Waals surface area contributed by atoms with Crippen LogP contribution in [-0.2, 0) is 4.74 Å². The fourth-order valence-electron chi connectivity index (χ4n) is 2.52. The van der Waals surface area contributed by atoms with Gasteiger partial charge in [0.25, 0.3) is 0 Å². The van der Waals surface area contributed by atoms with E-state index in [2.05, 4.69) is 28.7 Å². The van der Waals surface area contributed by atoms with Gasteiger partial charge < -0.3 is 9.64 Å². The van der Waals surface area contributed by atoms with E-state index in [9.17, 15) is 0 Å². The Morgan fingerprint density at radius 2 is 1.70 bits per heavy atom. The quantitative estimate of drug-likeness (QED) is 0.807. The summed E-state index contributed by atoms with van der Waals surface area (Å²) in [6, 6.07) is 3.49. The first-order valence-corrected chi connectivity index (χ1v) is 7.30. The summed E-state index contributed by atoms with van der Waals surface area (Å²) in [5.74, 6) is 0.845. The SMILES string of the molecule is C[C@@H]1CN(c2cnc3cc(Cl)c(Cl)cc3n2)C[C@H](C)O1. The molecule has 3 rings (SSSR count). The van der Waals surface area contributed by atoms with Gasteiger partial charge in [-0.05, 0) is 26.0 Å². The summed E-state index contributed by atoms with van der Waals surface area (Å²) in [6.07, 6.45) is 2.15. The van der Waals surface area contributed by atoms with E-state index >= 15 is 0 Å². The molecule has 6 heteroatoms. The van der Waals surface area contributed by atoms with E-state index in [4.69, 9.17) is 27.9 Å². The van der Waals surface area contributed by atoms with Gasteiger partial charge in [-0.15, -0.1) is 0 Å². The van der Waals surface area contributed by atoms with E-state index in [0.717, 1.165) is 29.9 Å². The van der Waals surface area contributed by atoms with Crippen LogP contribution in [0.2, 0.25) is 10.0 Å². The van der Waals surface area contributed by atoms with Crippen LogP contribution in [0.3, 0.4) is 0 Å². The zero-order valence-electron chi connectivity index (χ0n) is 11.3. The summed E-state index contributed by atoms with van der Waals surface area (Å²) in [7, 11) is 0. The van der Waals surface area contributed by atoms with Crippen molar-refractivity contribution in [3.63, 3.8) is 0 Å². The number of benzene rings is 1. The van der Waals surface area contributed by atoms with Crippen LogP contribution in [0.4, 0.5) is 5.82 Å². The van der Waals surface area contributed by atoms with Gasteiger partial charge in [-0.1, -0.05) is 23.2 Å². The second-order valence-corrected chi connectivity index (χ2v) is 5.96. The zero-order chi connectivity index (χ0) is 14.3. The first kappa shape index (κ1) is 13.9. The van der Waals surface area contributed by atoms with Crippen molar-refractivity contribution >= 4 is 40.1 Å². The number of nitrogens with zero attached hydrogens (tertiary/aromatic N) is 3. The summed E-state index contributed by atoms with van der Waals surface area (Å²) >= 11 is 12.0. The smallest absolute Gasteiger partial charge is 0.148 e. The highest BCUT2D eigenvalue weighted by molar-refractivity contribution is 6.42. The molecule has 0 amide bonds. The van der Waals surface area contributed by atoms with Crippen molar-refractivity contribution < 1.29 is 4.74 Å². The molecule has 1 aliphatic rings. The highest BCUT2D eigenvalue weighted by Crippen LogP contribution is 2.27. The minimum absolute atomic E-state index is 0.185. The van der Waals surface area contributed by atoms with Crippen LogP contribution in [0.25, 0.3) is 11.0 Å². The molecule has 2 atom stereocenters. The third kappa shape index (κ3) is 2.68. The van der Waals surface area contributed by atoms with Crippen LogP contribution in [0.15, 0.2) is 18.3 Å². The Balaban J connectivity index is 1.98. The van der Waals surface area contributed by atoms with Gasteiger partial charge in [-0.25, -0.2) is 4.98 Å². The number of fused-ring (bicyclic) bond motifs is 1. The Morgan fingerprint density at radius 3 is 2.35 bits per heavy atom. The Labute approximate surface area is 127 Å². The molecule has 2 heterocycles. The summed E-state index contributed by atoms with van der Waals surface area (Å²) < 4.78 is 5.73. The number of hydrogen-bond donors (Lipinski definition) is 0. The predicted octanol–water partition coefficient (Wildman–Crippen LogP) is 3.55. The second kappa shape index (κ2) is 5.35. The molecule has 1 saturated heterocycles. The predicted molar refractivity (Wildman–Crippen MR) is 81.8 cm³/mol. The van der Waals surface area contributed by atoms with E-state index in [1.165, 1.54) is 0 Å². The Kier molecular flexibility index (Phi) is 3.71. The van der Waals surface area contributed by atoms with Crippen LogP contribution in [0.5, 0.6) is 0 Å². The molecular weight excluding hydrogens is 297 g/mol. The van der Waals surface area contributed by atoms with Crippen molar-refractivity contribution in [1.29, 1.82) is 0 Å². The number of morpholine rings is 1. The van der Waals surface area contributed by atoms with Gasteiger partial charge in [0.15, 0.2) is 0 Å². The molecule has 0 saturated carbocycles. The third-order valence-electron chi connectivity index (χ3n) is 3.32. The standard InChI is InChI=1S/C14H15Cl2N3O/c1-8-6-19(7-9(2)20-8)14-5-17-12-3-10(15)11(16)4-13(12)18-14/h3-5,8-9H,6-7H2,1-2H3/t8-,9+. The highest BCUT2D eigenvalue weighted by Gasteiger charge is 2.23. The van der Waals surface area contributed by atoms with Crippen molar-refractivity contribution in [2.24, 2.45) is 0 Å². The van der Waals surface area contributed by atoms with Crippen molar-refractivity contribution in [2.75, 3.05) is 18.0 Å². The summed E-state index contributed by atoms with van der Waals surface area (Å²) in [5, 5.41) is 0.990. The molecule has 0 unspecified atom stereocenters. The number of anilines is 1. The molecular formula is C14H15Cl2N3O. The lowest BCUT2D eigenvalue weighted by atomic mass is 10.2. The van der Waals surface area contributed by atoms with Crippen LogP contribution in [-0.4, -0.2) is 35.3 Å². The fourth-order valence-corrected chi connectivity index (χ4v) is 2.83. The molecule has 1 fully saturated rings. The molecule has 20 heavy (non-hydrogen) atoms. The van der Waals surface area contributed by atoms with Crippen LogP contribution in [0, 0.1) is 0 Å². The van der Waals surface area contributed by atoms with E-state index in [0.29, 0.717) is 10.0 Å². The summed E-state index contributed by atoms with van der Waals surface area (Å²) in [5.41, 5.74) is 1.50. The van der Waals surface area contributed by atoms with Crippen LogP contribution >= 0.6 is 23.2 Å². The van der Waals surface area contributed by atoms with Gasteiger partial charge in [-0.3, -0.25) is 4.98 Å². The Morgan fingerprint density at radius 1 is 1.10 bits per heavy atom. The zero-order valence-corrected chi connectivity index (χ0v) is 12.8. The molecule has 4 nitrogen and oxygen atoms in total. The average Bonchev–Trinajstić information content (AvgIpc) is 2.38. The van der Waals surface area contributed by atoms with Crippen molar-refractivity contribution in [3.8, 4) is 0 Å². The second-order valence-electron chi connectivity index (χ2n) is 5.15. The maximum atomic E-state index is 6.04. The van der Waals surface area contributed by atoms with Gasteiger partial charge in [0.2, 0.25) is 0 Å². The minimum Gasteiger partial charge on any atom is -0.372 e. The Hall–Kier alpha value is -1.10. The number of aromatic nitrogens is 2. The maximum Gasteiger partial charge on any atom is 0.148 e. The number of halogens is 2. The van der Waals surface area contributed by atoms with Crippen LogP contribution < -0.4 is 4.90 Å². The molecule has 0 radical (unpaired) electrons. The van der Waals surface area contributed by atoms with Crippen molar-refractivity contribution in [2.45, 2.75) is 26.1 Å².